The fourth-order valence-corrected chi connectivity index (χ4v) is 4.46. The summed E-state index contributed by atoms with van der Waals surface area (Å²) in [5.41, 5.74) is 4.31. The second-order valence-corrected chi connectivity index (χ2v) is 10.6. The minimum Gasteiger partial charge on any atom is -0.465 e. The van der Waals surface area contributed by atoms with Gasteiger partial charge in [-0.3, -0.25) is 9.59 Å². The summed E-state index contributed by atoms with van der Waals surface area (Å²) in [7, 11) is 0.611. The van der Waals surface area contributed by atoms with Crippen LogP contribution in [0.1, 0.15) is 118 Å². The molecule has 200 valence electrons. The lowest BCUT2D eigenvalue weighted by atomic mass is 9.81. The van der Waals surface area contributed by atoms with Crippen LogP contribution in [0.4, 0.5) is 0 Å². The van der Waals surface area contributed by atoms with Crippen molar-refractivity contribution < 1.29 is 18.9 Å². The quantitative estimate of drug-likeness (QED) is 0.0889. The Kier molecular flexibility index (Phi) is 14.6. The van der Waals surface area contributed by atoms with Gasteiger partial charge in [0.25, 0.3) is 0 Å². The number of Topliss-reactive ketones (excluding diaryl/α,β-unsaturated/α-hetero) is 1. The zero-order valence-corrected chi connectivity index (χ0v) is 24.7. The van der Waals surface area contributed by atoms with Crippen molar-refractivity contribution in [1.82, 2.24) is 0 Å². The van der Waals surface area contributed by atoms with Gasteiger partial charge in [-0.25, -0.2) is 0 Å². The van der Waals surface area contributed by atoms with Gasteiger partial charge in [-0.2, -0.15) is 0 Å². The molecular weight excluding hydrogens is 467 g/mol. The van der Waals surface area contributed by atoms with Crippen molar-refractivity contribution in [1.29, 1.82) is 0 Å². The minimum atomic E-state index is -0.937. The van der Waals surface area contributed by atoms with Gasteiger partial charge in [-0.15, -0.1) is 0 Å². The normalized spacial score (nSPS) is 11.9. The molecule has 4 nitrogen and oxygen atoms in total. The Balaban J connectivity index is 0.00000316. The van der Waals surface area contributed by atoms with Gasteiger partial charge < -0.3 is 9.30 Å². The van der Waals surface area contributed by atoms with Crippen molar-refractivity contribution in [2.75, 3.05) is 6.61 Å². The van der Waals surface area contributed by atoms with Crippen LogP contribution in [0.2, 0.25) is 0 Å². The predicted octanol–water partition coefficient (Wildman–Crippen LogP) is 8.19. The Labute approximate surface area is 220 Å². The molecule has 0 amide bonds. The zero-order valence-electron chi connectivity index (χ0n) is 23.3. The van der Waals surface area contributed by atoms with Gasteiger partial charge >= 0.3 is 5.97 Å². The summed E-state index contributed by atoms with van der Waals surface area (Å²) >= 11 is 0. The van der Waals surface area contributed by atoms with Crippen molar-refractivity contribution in [3.63, 3.8) is 0 Å². The molecule has 0 saturated heterocycles. The first-order valence-electron chi connectivity index (χ1n) is 13.3. The highest BCUT2D eigenvalue weighted by molar-refractivity contribution is 7.00. The second-order valence-electron chi connectivity index (χ2n) is 10.6. The summed E-state index contributed by atoms with van der Waals surface area (Å²) in [6, 6.07) is 13.5. The number of carbonyl (C=O) groups is 2. The highest BCUT2D eigenvalue weighted by Gasteiger charge is 2.33. The van der Waals surface area contributed by atoms with Crippen LogP contribution in [0.25, 0.3) is 0 Å². The van der Waals surface area contributed by atoms with E-state index < -0.39 is 11.9 Å². The predicted molar refractivity (Wildman–Crippen MR) is 153 cm³/mol. The SMILES string of the molecule is CCCCCCCCCCOC(=O)C(C(=O)c1c(C)cc(C(C)(C)C)cc1C)c1ccccc1.O=[PH3]. The van der Waals surface area contributed by atoms with E-state index >= 15 is 0 Å². The van der Waals surface area contributed by atoms with Gasteiger partial charge in [0.2, 0.25) is 0 Å². The van der Waals surface area contributed by atoms with Crippen LogP contribution in [0.3, 0.4) is 0 Å². The summed E-state index contributed by atoms with van der Waals surface area (Å²) < 4.78 is 13.9. The third kappa shape index (κ3) is 10.1. The number of ketones is 1. The zero-order chi connectivity index (χ0) is 27.1. The Bertz CT molecular complexity index is 924. The molecule has 0 aliphatic carbocycles. The fraction of sp³-hybridized carbons (Fsp3) is 0.548. The molecule has 0 spiro atoms. The molecule has 0 saturated carbocycles. The largest absolute Gasteiger partial charge is 0.465 e. The molecule has 2 aromatic rings. The maximum atomic E-state index is 13.7. The van der Waals surface area contributed by atoms with Crippen molar-refractivity contribution in [2.24, 2.45) is 0 Å². The van der Waals surface area contributed by atoms with Gasteiger partial charge in [0.1, 0.15) is 5.92 Å². The number of carbonyl (C=O) groups excluding carboxylic acids is 2. The molecule has 2 unspecified atom stereocenters. The van der Waals surface area contributed by atoms with Crippen LogP contribution in [0.5, 0.6) is 0 Å². The van der Waals surface area contributed by atoms with Crippen LogP contribution in [-0.4, -0.2) is 18.4 Å². The number of benzene rings is 2. The van der Waals surface area contributed by atoms with E-state index in [1.54, 1.807) is 0 Å². The smallest absolute Gasteiger partial charge is 0.321 e. The average molecular weight is 515 g/mol. The molecule has 0 radical (unpaired) electrons. The lowest BCUT2D eigenvalue weighted by Gasteiger charge is -2.23. The molecule has 0 aliphatic rings. The molecule has 0 N–H and O–H groups in total. The molecular formula is C31H47O4P. The number of ether oxygens (including phenoxy) is 1. The van der Waals surface area contributed by atoms with Crippen molar-refractivity contribution >= 4 is 20.9 Å². The van der Waals surface area contributed by atoms with Crippen LogP contribution >= 0.6 is 9.12 Å². The molecule has 2 aromatic carbocycles. The standard InChI is InChI=1S/C31H44O3.H3OP/c1-7-8-9-10-11-12-13-17-20-34-30(33)28(25-18-15-14-16-19-25)29(32)27-23(2)21-26(22-24(27)3)31(4,5)6;1-2/h14-16,18-19,21-22,28H,7-13,17,20H2,1-6H3;2H3. The van der Waals surface area contributed by atoms with Gasteiger partial charge in [-0.1, -0.05) is 115 Å². The number of aryl methyl sites for hydroxylation is 2. The van der Waals surface area contributed by atoms with Crippen LogP contribution in [-0.2, 0) is 19.5 Å². The van der Waals surface area contributed by atoms with Crippen molar-refractivity contribution in [3.05, 3.63) is 70.3 Å². The van der Waals surface area contributed by atoms with E-state index in [4.69, 9.17) is 9.30 Å². The molecule has 5 heteroatoms. The number of esters is 1. The average Bonchev–Trinajstić information content (AvgIpc) is 2.84. The van der Waals surface area contributed by atoms with Gasteiger partial charge in [-0.05, 0) is 47.9 Å². The number of rotatable bonds is 13. The molecule has 0 fully saturated rings. The van der Waals surface area contributed by atoms with Crippen LogP contribution in [0.15, 0.2) is 42.5 Å². The Morgan fingerprint density at radius 2 is 1.33 bits per heavy atom. The summed E-state index contributed by atoms with van der Waals surface area (Å²) in [5, 5.41) is 0. The van der Waals surface area contributed by atoms with Crippen molar-refractivity contribution in [2.45, 2.75) is 104 Å². The van der Waals surface area contributed by atoms with E-state index in [0.29, 0.717) is 26.9 Å². The first-order chi connectivity index (χ1) is 17.2. The monoisotopic (exact) mass is 514 g/mol. The lowest BCUT2D eigenvalue weighted by Crippen LogP contribution is -2.26. The molecule has 0 aliphatic heterocycles. The summed E-state index contributed by atoms with van der Waals surface area (Å²) in [6.45, 7) is 13.0. The maximum Gasteiger partial charge on any atom is 0.321 e. The third-order valence-electron chi connectivity index (χ3n) is 6.52. The van der Waals surface area contributed by atoms with E-state index in [9.17, 15) is 9.59 Å². The molecule has 2 atom stereocenters. The van der Waals surface area contributed by atoms with Gasteiger partial charge in [0.15, 0.2) is 5.78 Å². The van der Waals surface area contributed by atoms with Crippen molar-refractivity contribution in [3.8, 4) is 0 Å². The van der Waals surface area contributed by atoms with E-state index in [1.807, 2.05) is 44.2 Å². The lowest BCUT2D eigenvalue weighted by molar-refractivity contribution is -0.144. The van der Waals surface area contributed by atoms with E-state index in [2.05, 4.69) is 39.8 Å². The van der Waals surface area contributed by atoms with Gasteiger partial charge in [0.05, 0.1) is 15.7 Å². The highest BCUT2D eigenvalue weighted by atomic mass is 31.0. The number of unbranched alkanes of at least 4 members (excludes halogenated alkanes) is 7. The number of hydrogen-bond donors (Lipinski definition) is 0. The molecule has 0 bridgehead atoms. The Morgan fingerprint density at radius 1 is 0.833 bits per heavy atom. The Hall–Kier alpha value is -2.19. The summed E-state index contributed by atoms with van der Waals surface area (Å²) in [5.74, 6) is -1.56. The minimum absolute atomic E-state index is 0.00907. The van der Waals surface area contributed by atoms with Gasteiger partial charge in [0, 0.05) is 5.56 Å². The molecule has 2 rings (SSSR count). The van der Waals surface area contributed by atoms with E-state index in [-0.39, 0.29) is 11.2 Å². The summed E-state index contributed by atoms with van der Waals surface area (Å²) in [4.78, 5) is 26.9. The van der Waals surface area contributed by atoms with E-state index in [0.717, 1.165) is 24.0 Å². The molecule has 0 heterocycles. The van der Waals surface area contributed by atoms with Crippen LogP contribution in [0, 0.1) is 13.8 Å². The topological polar surface area (TPSA) is 60.4 Å². The highest BCUT2D eigenvalue weighted by Crippen LogP contribution is 2.31. The molecule has 36 heavy (non-hydrogen) atoms. The molecule has 0 aromatic heterocycles. The summed E-state index contributed by atoms with van der Waals surface area (Å²) in [6.07, 6.45) is 9.46. The Morgan fingerprint density at radius 3 is 1.83 bits per heavy atom. The fourth-order valence-electron chi connectivity index (χ4n) is 4.46. The first-order valence-corrected chi connectivity index (χ1v) is 13.9. The number of hydrogen-bond acceptors (Lipinski definition) is 4. The third-order valence-corrected chi connectivity index (χ3v) is 6.52. The first kappa shape index (κ1) is 31.8. The van der Waals surface area contributed by atoms with E-state index in [1.165, 1.54) is 44.1 Å². The maximum absolute atomic E-state index is 13.7. The van der Waals surface area contributed by atoms with Crippen LogP contribution < -0.4 is 0 Å². The second kappa shape index (κ2) is 16.5.